The highest BCUT2D eigenvalue weighted by Gasteiger charge is 2.23. The maximum absolute atomic E-state index is 12.1. The number of halogens is 2. The zero-order chi connectivity index (χ0) is 15.5. The van der Waals surface area contributed by atoms with E-state index in [1.165, 1.54) is 0 Å². The van der Waals surface area contributed by atoms with Crippen molar-refractivity contribution in [1.82, 2.24) is 5.32 Å². The van der Waals surface area contributed by atoms with Crippen LogP contribution < -0.4 is 5.32 Å². The third kappa shape index (κ3) is 5.25. The summed E-state index contributed by atoms with van der Waals surface area (Å²) in [5.74, 6) is -0.790. The summed E-state index contributed by atoms with van der Waals surface area (Å²) >= 11 is 6.63. The Labute approximate surface area is 135 Å². The van der Waals surface area contributed by atoms with Gasteiger partial charge in [0.2, 0.25) is 0 Å². The maximum atomic E-state index is 12.1. The molecule has 0 saturated heterocycles. The highest BCUT2D eigenvalue weighted by molar-refractivity contribution is 9.11. The molecule has 0 aliphatic heterocycles. The van der Waals surface area contributed by atoms with E-state index in [9.17, 15) is 9.59 Å². The average molecular weight is 407 g/mol. The predicted molar refractivity (Wildman–Crippen MR) is 84.6 cm³/mol. The number of hydrogen-bond donors (Lipinski definition) is 1. The molecule has 0 aromatic heterocycles. The van der Waals surface area contributed by atoms with Gasteiger partial charge in [-0.15, -0.1) is 0 Å². The lowest BCUT2D eigenvalue weighted by molar-refractivity contribution is -0.156. The van der Waals surface area contributed by atoms with Gasteiger partial charge in [0.15, 0.2) is 0 Å². The van der Waals surface area contributed by atoms with Crippen LogP contribution in [-0.4, -0.2) is 23.5 Å². The Balaban J connectivity index is 2.73. The number of rotatable bonds is 3. The number of amides is 1. The van der Waals surface area contributed by atoms with E-state index in [-0.39, 0.29) is 5.91 Å². The fourth-order valence-electron chi connectivity index (χ4n) is 1.40. The van der Waals surface area contributed by atoms with Crippen LogP contribution in [0.3, 0.4) is 0 Å². The molecule has 0 aliphatic carbocycles. The summed E-state index contributed by atoms with van der Waals surface area (Å²) in [6.45, 7) is 6.94. The van der Waals surface area contributed by atoms with Gasteiger partial charge in [-0.3, -0.25) is 4.79 Å². The molecule has 4 nitrogen and oxygen atoms in total. The smallest absolute Gasteiger partial charge is 0.328 e. The first kappa shape index (κ1) is 17.2. The molecule has 6 heteroatoms. The lowest BCUT2D eigenvalue weighted by Gasteiger charge is -2.22. The molecule has 0 unspecified atom stereocenters. The third-order valence-electron chi connectivity index (χ3n) is 2.28. The van der Waals surface area contributed by atoms with Gasteiger partial charge in [0.1, 0.15) is 11.6 Å². The standard InChI is InChI=1S/C14H17Br2NO3/c1-8(13(19)20-14(2,3)4)17-12(18)10-6-5-9(15)7-11(10)16/h5-8H,1-4H3,(H,17,18)/t8-/m0/s1. The molecule has 0 fully saturated rings. The monoisotopic (exact) mass is 405 g/mol. The lowest BCUT2D eigenvalue weighted by Crippen LogP contribution is -2.42. The van der Waals surface area contributed by atoms with E-state index in [4.69, 9.17) is 4.74 Å². The van der Waals surface area contributed by atoms with Crippen LogP contribution in [0.1, 0.15) is 38.1 Å². The molecule has 0 aliphatic rings. The quantitative estimate of drug-likeness (QED) is 0.779. The van der Waals surface area contributed by atoms with Crippen molar-refractivity contribution in [2.45, 2.75) is 39.3 Å². The molecule has 1 N–H and O–H groups in total. The summed E-state index contributed by atoms with van der Waals surface area (Å²) < 4.78 is 6.73. The Morgan fingerprint density at radius 2 is 1.85 bits per heavy atom. The van der Waals surface area contributed by atoms with E-state index < -0.39 is 17.6 Å². The van der Waals surface area contributed by atoms with E-state index in [0.29, 0.717) is 10.0 Å². The first-order chi connectivity index (χ1) is 9.10. The third-order valence-corrected chi connectivity index (χ3v) is 3.43. The minimum atomic E-state index is -0.711. The Morgan fingerprint density at radius 3 is 2.35 bits per heavy atom. The van der Waals surface area contributed by atoms with Crippen molar-refractivity contribution in [1.29, 1.82) is 0 Å². The van der Waals surface area contributed by atoms with Gasteiger partial charge in [-0.25, -0.2) is 4.79 Å². The maximum Gasteiger partial charge on any atom is 0.328 e. The number of carbonyl (C=O) groups is 2. The fourth-order valence-corrected chi connectivity index (χ4v) is 2.62. The van der Waals surface area contributed by atoms with Crippen LogP contribution in [0.2, 0.25) is 0 Å². The highest BCUT2D eigenvalue weighted by atomic mass is 79.9. The molecule has 0 spiro atoms. The minimum Gasteiger partial charge on any atom is -0.458 e. The molecule has 0 saturated carbocycles. The van der Waals surface area contributed by atoms with Gasteiger partial charge in [-0.05, 0) is 61.8 Å². The molecule has 110 valence electrons. The van der Waals surface area contributed by atoms with Gasteiger partial charge in [0.05, 0.1) is 5.56 Å². The predicted octanol–water partition coefficient (Wildman–Crippen LogP) is 3.67. The summed E-state index contributed by atoms with van der Waals surface area (Å²) in [5, 5.41) is 2.62. The number of hydrogen-bond acceptors (Lipinski definition) is 3. The lowest BCUT2D eigenvalue weighted by atomic mass is 10.2. The summed E-state index contributed by atoms with van der Waals surface area (Å²) in [7, 11) is 0. The van der Waals surface area contributed by atoms with Crippen LogP contribution in [0.15, 0.2) is 27.1 Å². The molecular weight excluding hydrogens is 390 g/mol. The Hall–Kier alpha value is -0.880. The molecule has 0 radical (unpaired) electrons. The Morgan fingerprint density at radius 1 is 1.25 bits per heavy atom. The molecule has 0 heterocycles. The average Bonchev–Trinajstić information content (AvgIpc) is 2.26. The van der Waals surface area contributed by atoms with Gasteiger partial charge < -0.3 is 10.1 Å². The summed E-state index contributed by atoms with van der Waals surface area (Å²) in [6.07, 6.45) is 0. The zero-order valence-electron chi connectivity index (χ0n) is 11.8. The van der Waals surface area contributed by atoms with Crippen LogP contribution in [-0.2, 0) is 9.53 Å². The number of ether oxygens (including phenoxy) is 1. The molecule has 1 atom stereocenters. The molecule has 0 bridgehead atoms. The van der Waals surface area contributed by atoms with Crippen LogP contribution in [0.5, 0.6) is 0 Å². The van der Waals surface area contributed by atoms with E-state index in [0.717, 1.165) is 4.47 Å². The van der Waals surface area contributed by atoms with Crippen LogP contribution in [0.25, 0.3) is 0 Å². The SMILES string of the molecule is C[C@H](NC(=O)c1ccc(Br)cc1Br)C(=O)OC(C)(C)C. The van der Waals surface area contributed by atoms with Crippen molar-refractivity contribution in [3.8, 4) is 0 Å². The van der Waals surface area contributed by atoms with Gasteiger partial charge in [0, 0.05) is 8.95 Å². The van der Waals surface area contributed by atoms with Crippen LogP contribution >= 0.6 is 31.9 Å². The van der Waals surface area contributed by atoms with Crippen LogP contribution in [0, 0.1) is 0 Å². The van der Waals surface area contributed by atoms with Crippen molar-refractivity contribution in [3.05, 3.63) is 32.7 Å². The Kier molecular flexibility index (Phi) is 5.77. The minimum absolute atomic E-state index is 0.331. The van der Waals surface area contributed by atoms with E-state index in [2.05, 4.69) is 37.2 Å². The zero-order valence-corrected chi connectivity index (χ0v) is 15.0. The Bertz CT molecular complexity index is 524. The van der Waals surface area contributed by atoms with Crippen molar-refractivity contribution >= 4 is 43.7 Å². The number of nitrogens with one attached hydrogen (secondary N) is 1. The summed E-state index contributed by atoms with van der Waals surface area (Å²) in [6, 6.07) is 4.49. The van der Waals surface area contributed by atoms with Gasteiger partial charge in [0.25, 0.3) is 5.91 Å². The highest BCUT2D eigenvalue weighted by Crippen LogP contribution is 2.22. The van der Waals surface area contributed by atoms with Crippen molar-refractivity contribution < 1.29 is 14.3 Å². The largest absolute Gasteiger partial charge is 0.458 e. The fraction of sp³-hybridized carbons (Fsp3) is 0.429. The summed E-state index contributed by atoms with van der Waals surface area (Å²) in [5.41, 5.74) is -0.113. The topological polar surface area (TPSA) is 55.4 Å². The van der Waals surface area contributed by atoms with Gasteiger partial charge in [-0.1, -0.05) is 15.9 Å². The first-order valence-corrected chi connectivity index (χ1v) is 7.67. The van der Waals surface area contributed by atoms with Gasteiger partial charge >= 0.3 is 5.97 Å². The van der Waals surface area contributed by atoms with Crippen molar-refractivity contribution in [3.63, 3.8) is 0 Å². The molecule has 1 aromatic carbocycles. The van der Waals surface area contributed by atoms with E-state index in [1.807, 2.05) is 0 Å². The first-order valence-electron chi connectivity index (χ1n) is 6.09. The molecular formula is C14H17Br2NO3. The van der Waals surface area contributed by atoms with Crippen molar-refractivity contribution in [2.75, 3.05) is 0 Å². The van der Waals surface area contributed by atoms with Crippen LogP contribution in [0.4, 0.5) is 0 Å². The van der Waals surface area contributed by atoms with Crippen molar-refractivity contribution in [2.24, 2.45) is 0 Å². The van der Waals surface area contributed by atoms with E-state index in [1.54, 1.807) is 45.9 Å². The molecule has 1 aromatic rings. The molecule has 1 rings (SSSR count). The second kappa shape index (κ2) is 6.72. The summed E-state index contributed by atoms with van der Waals surface area (Å²) in [4.78, 5) is 23.9. The second-order valence-corrected chi connectivity index (χ2v) is 7.12. The number of esters is 1. The second-order valence-electron chi connectivity index (χ2n) is 5.35. The normalized spacial score (nSPS) is 12.7. The van der Waals surface area contributed by atoms with E-state index >= 15 is 0 Å². The molecule has 20 heavy (non-hydrogen) atoms. The number of carbonyl (C=O) groups excluding carboxylic acids is 2. The molecule has 1 amide bonds. The number of benzene rings is 1. The van der Waals surface area contributed by atoms with Gasteiger partial charge in [-0.2, -0.15) is 0 Å².